The molecule has 4 rings (SSSR count). The fraction of sp³-hybridized carbons (Fsp3) is 0.227. The number of nitrogens with zero attached hydrogens (tertiary/aromatic N) is 2. The molecule has 2 N–H and O–H groups in total. The van der Waals surface area contributed by atoms with Gasteiger partial charge in [-0.15, -0.1) is 0 Å². The lowest BCUT2D eigenvalue weighted by Crippen LogP contribution is -2.24. The number of hydrogen-bond acceptors (Lipinski definition) is 3. The van der Waals surface area contributed by atoms with Crippen LogP contribution in [0, 0.1) is 6.92 Å². The second-order valence-corrected chi connectivity index (χ2v) is 7.13. The first-order valence-corrected chi connectivity index (χ1v) is 9.29. The van der Waals surface area contributed by atoms with E-state index < -0.39 is 0 Å². The summed E-state index contributed by atoms with van der Waals surface area (Å²) in [4.78, 5) is 33.3. The maximum atomic E-state index is 12.5. The van der Waals surface area contributed by atoms with Crippen LogP contribution in [0.15, 0.2) is 42.6 Å². The quantitative estimate of drug-likeness (QED) is 0.687. The van der Waals surface area contributed by atoms with Crippen molar-refractivity contribution in [2.45, 2.75) is 26.3 Å². The lowest BCUT2D eigenvalue weighted by atomic mass is 10.0. The minimum atomic E-state index is -0.0796. The maximum Gasteiger partial charge on any atom is 0.246 e. The second-order valence-electron chi connectivity index (χ2n) is 7.13. The van der Waals surface area contributed by atoms with E-state index in [2.05, 4.69) is 28.3 Å². The standard InChI is InChI=1S/C22H22N4O2/c1-14-17-5-3-4-6-18(17)24-19(14)13-26(2)21(28)10-7-15-11-16-8-9-20(27)25-22(16)23-12-15/h3-7,10-12,24H,8-9,13H2,1-2H3,(H,23,25,27). The highest BCUT2D eigenvalue weighted by Gasteiger charge is 2.16. The molecule has 1 aliphatic rings. The summed E-state index contributed by atoms with van der Waals surface area (Å²) in [6, 6.07) is 10.1. The highest BCUT2D eigenvalue weighted by Crippen LogP contribution is 2.23. The fourth-order valence-corrected chi connectivity index (χ4v) is 3.47. The summed E-state index contributed by atoms with van der Waals surface area (Å²) >= 11 is 0. The van der Waals surface area contributed by atoms with Gasteiger partial charge in [0.1, 0.15) is 5.82 Å². The number of fused-ring (bicyclic) bond motifs is 2. The number of carbonyl (C=O) groups is 2. The SMILES string of the molecule is Cc1c(CN(C)C(=O)C=Cc2cnc3c(c2)CCC(=O)N3)[nH]c2ccccc12. The van der Waals surface area contributed by atoms with Gasteiger partial charge in [0.25, 0.3) is 0 Å². The van der Waals surface area contributed by atoms with Gasteiger partial charge in [0.2, 0.25) is 11.8 Å². The van der Waals surface area contributed by atoms with Crippen molar-refractivity contribution >= 4 is 34.6 Å². The third kappa shape index (κ3) is 3.53. The van der Waals surface area contributed by atoms with Crippen molar-refractivity contribution in [2.24, 2.45) is 0 Å². The number of aryl methyl sites for hydroxylation is 2. The Hall–Kier alpha value is -3.41. The van der Waals surface area contributed by atoms with Crippen LogP contribution in [0.1, 0.15) is 28.8 Å². The molecule has 0 unspecified atom stereocenters. The van der Waals surface area contributed by atoms with Gasteiger partial charge in [-0.2, -0.15) is 0 Å². The normalized spacial score (nSPS) is 13.6. The first-order chi connectivity index (χ1) is 13.5. The molecular formula is C22H22N4O2. The Bertz CT molecular complexity index is 1100. The van der Waals surface area contributed by atoms with Crippen molar-refractivity contribution in [1.29, 1.82) is 0 Å². The molecule has 0 atom stereocenters. The summed E-state index contributed by atoms with van der Waals surface area (Å²) in [6.45, 7) is 2.58. The van der Waals surface area contributed by atoms with Crippen LogP contribution in [0.25, 0.3) is 17.0 Å². The van der Waals surface area contributed by atoms with Gasteiger partial charge in [-0.3, -0.25) is 9.59 Å². The van der Waals surface area contributed by atoms with Gasteiger partial charge < -0.3 is 15.2 Å². The lowest BCUT2D eigenvalue weighted by Gasteiger charge is -2.16. The average Bonchev–Trinajstić information content (AvgIpc) is 3.01. The minimum absolute atomic E-state index is 0.00707. The first-order valence-electron chi connectivity index (χ1n) is 9.29. The molecule has 28 heavy (non-hydrogen) atoms. The number of aromatic nitrogens is 2. The van der Waals surface area contributed by atoms with Crippen molar-refractivity contribution < 1.29 is 9.59 Å². The molecule has 142 valence electrons. The van der Waals surface area contributed by atoms with Crippen LogP contribution in [0.5, 0.6) is 0 Å². The highest BCUT2D eigenvalue weighted by molar-refractivity contribution is 5.94. The zero-order chi connectivity index (χ0) is 19.7. The van der Waals surface area contributed by atoms with E-state index in [0.29, 0.717) is 25.2 Å². The summed E-state index contributed by atoms with van der Waals surface area (Å²) in [5.74, 6) is 0.530. The van der Waals surface area contributed by atoms with E-state index in [1.807, 2.05) is 24.3 Å². The molecule has 0 saturated heterocycles. The van der Waals surface area contributed by atoms with Crippen LogP contribution in [0.4, 0.5) is 5.82 Å². The molecule has 6 nitrogen and oxygen atoms in total. The summed E-state index contributed by atoms with van der Waals surface area (Å²) in [5, 5.41) is 3.94. The second kappa shape index (κ2) is 7.31. The van der Waals surface area contributed by atoms with E-state index in [0.717, 1.165) is 22.3 Å². The van der Waals surface area contributed by atoms with Gasteiger partial charge in [0.05, 0.1) is 6.54 Å². The summed E-state index contributed by atoms with van der Waals surface area (Å²) in [7, 11) is 1.79. The number of hydrogen-bond donors (Lipinski definition) is 2. The van der Waals surface area contributed by atoms with Crippen LogP contribution >= 0.6 is 0 Å². The molecule has 6 heteroatoms. The number of H-pyrrole nitrogens is 1. The average molecular weight is 374 g/mol. The van der Waals surface area contributed by atoms with E-state index in [4.69, 9.17) is 0 Å². The Kier molecular flexibility index (Phi) is 4.69. The van der Waals surface area contributed by atoms with Crippen LogP contribution in [-0.2, 0) is 22.6 Å². The van der Waals surface area contributed by atoms with E-state index >= 15 is 0 Å². The largest absolute Gasteiger partial charge is 0.357 e. The van der Waals surface area contributed by atoms with Gasteiger partial charge >= 0.3 is 0 Å². The topological polar surface area (TPSA) is 78.1 Å². The Morgan fingerprint density at radius 3 is 2.93 bits per heavy atom. The monoisotopic (exact) mass is 374 g/mol. The van der Waals surface area contributed by atoms with E-state index in [1.165, 1.54) is 10.9 Å². The number of rotatable bonds is 4. The number of benzene rings is 1. The number of carbonyl (C=O) groups excluding carboxylic acids is 2. The summed E-state index contributed by atoms with van der Waals surface area (Å²) < 4.78 is 0. The molecule has 2 amide bonds. The van der Waals surface area contributed by atoms with Crippen LogP contribution in [0.3, 0.4) is 0 Å². The lowest BCUT2D eigenvalue weighted by molar-refractivity contribution is -0.125. The molecule has 0 fully saturated rings. The molecule has 1 aromatic carbocycles. The van der Waals surface area contributed by atoms with Gasteiger partial charge in [-0.05, 0) is 48.2 Å². The predicted molar refractivity (Wildman–Crippen MR) is 110 cm³/mol. The number of amides is 2. The predicted octanol–water partition coefficient (Wildman–Crippen LogP) is 3.43. The Morgan fingerprint density at radius 1 is 1.29 bits per heavy atom. The Morgan fingerprint density at radius 2 is 2.11 bits per heavy atom. The summed E-state index contributed by atoms with van der Waals surface area (Å²) in [5.41, 5.74) is 5.13. The van der Waals surface area contributed by atoms with Crippen molar-refractivity contribution in [1.82, 2.24) is 14.9 Å². The molecule has 3 heterocycles. The van der Waals surface area contributed by atoms with Crippen LogP contribution in [0.2, 0.25) is 0 Å². The molecule has 0 aliphatic carbocycles. The number of pyridine rings is 1. The smallest absolute Gasteiger partial charge is 0.246 e. The van der Waals surface area contributed by atoms with Gasteiger partial charge in [-0.1, -0.05) is 18.2 Å². The van der Waals surface area contributed by atoms with Gasteiger partial charge in [-0.25, -0.2) is 4.98 Å². The highest BCUT2D eigenvalue weighted by atomic mass is 16.2. The maximum absolute atomic E-state index is 12.5. The molecule has 0 saturated carbocycles. The van der Waals surface area contributed by atoms with Crippen molar-refractivity contribution in [2.75, 3.05) is 12.4 Å². The van der Waals surface area contributed by atoms with Crippen LogP contribution in [-0.4, -0.2) is 33.7 Å². The van der Waals surface area contributed by atoms with E-state index in [1.54, 1.807) is 30.3 Å². The minimum Gasteiger partial charge on any atom is -0.357 e. The molecule has 3 aromatic rings. The molecule has 1 aliphatic heterocycles. The molecule has 0 spiro atoms. The molecular weight excluding hydrogens is 352 g/mol. The third-order valence-electron chi connectivity index (χ3n) is 5.13. The Balaban J connectivity index is 1.45. The van der Waals surface area contributed by atoms with Gasteiger partial charge in [0, 0.05) is 42.3 Å². The third-order valence-corrected chi connectivity index (χ3v) is 5.13. The fourth-order valence-electron chi connectivity index (χ4n) is 3.47. The summed E-state index contributed by atoms with van der Waals surface area (Å²) in [6.07, 6.45) is 6.12. The van der Waals surface area contributed by atoms with Gasteiger partial charge in [0.15, 0.2) is 0 Å². The molecule has 0 bridgehead atoms. The van der Waals surface area contributed by atoms with Crippen molar-refractivity contribution in [3.05, 3.63) is 65.0 Å². The van der Waals surface area contributed by atoms with Crippen molar-refractivity contribution in [3.8, 4) is 0 Å². The molecule has 2 aromatic heterocycles. The molecule has 0 radical (unpaired) electrons. The number of aromatic amines is 1. The van der Waals surface area contributed by atoms with E-state index in [-0.39, 0.29) is 11.8 Å². The zero-order valence-corrected chi connectivity index (χ0v) is 16.0. The van der Waals surface area contributed by atoms with E-state index in [9.17, 15) is 9.59 Å². The van der Waals surface area contributed by atoms with Crippen molar-refractivity contribution in [3.63, 3.8) is 0 Å². The first kappa shape index (κ1) is 18.0. The number of likely N-dealkylation sites (N-methyl/N-ethyl adjacent to an activating group) is 1. The number of anilines is 1. The number of para-hydroxylation sites is 1. The number of nitrogens with one attached hydrogen (secondary N) is 2. The van der Waals surface area contributed by atoms with Crippen LogP contribution < -0.4 is 5.32 Å². The Labute approximate surface area is 163 Å². The zero-order valence-electron chi connectivity index (χ0n) is 16.0.